The number of hydrogen-bond donors (Lipinski definition) is 1. The van der Waals surface area contributed by atoms with Gasteiger partial charge in [-0.05, 0) is 43.0 Å². The van der Waals surface area contributed by atoms with Crippen LogP contribution in [0.4, 0.5) is 17.6 Å². The molecule has 7 nitrogen and oxygen atoms in total. The molecule has 1 aliphatic carbocycles. The molecule has 2 aliphatic rings. The van der Waals surface area contributed by atoms with E-state index in [9.17, 15) is 22.4 Å². The minimum Gasteiger partial charge on any atom is -0.353 e. The van der Waals surface area contributed by atoms with E-state index in [0.717, 1.165) is 41.4 Å². The van der Waals surface area contributed by atoms with Gasteiger partial charge in [0.1, 0.15) is 23.8 Å². The SMILES string of the molecule is Cn1cnnc1C1(c2cccc(-n3cc(C(F)(F)F)c4cc(CN5CC[C@H](F)C5)[nH]c4c3=O)c2)CCC1. The zero-order valence-corrected chi connectivity index (χ0v) is 20.2. The number of benzene rings is 1. The summed E-state index contributed by atoms with van der Waals surface area (Å²) >= 11 is 0. The van der Waals surface area contributed by atoms with E-state index in [-0.39, 0.29) is 24.0 Å². The van der Waals surface area contributed by atoms with E-state index in [0.29, 0.717) is 24.3 Å². The Bertz CT molecular complexity index is 1530. The Morgan fingerprint density at radius 2 is 2.03 bits per heavy atom. The van der Waals surface area contributed by atoms with E-state index in [2.05, 4.69) is 15.2 Å². The molecule has 1 aliphatic heterocycles. The molecule has 11 heteroatoms. The lowest BCUT2D eigenvalue weighted by atomic mass is 9.63. The number of nitrogens with zero attached hydrogens (tertiary/aromatic N) is 5. The molecule has 1 atom stereocenters. The Hall–Kier alpha value is -3.47. The Labute approximate surface area is 209 Å². The molecule has 1 N–H and O–H groups in total. The Morgan fingerprint density at radius 3 is 2.65 bits per heavy atom. The number of fused-ring (bicyclic) bond motifs is 1. The van der Waals surface area contributed by atoms with Crippen molar-refractivity contribution in [2.45, 2.75) is 50.0 Å². The molecule has 4 aromatic rings. The van der Waals surface area contributed by atoms with Gasteiger partial charge >= 0.3 is 6.18 Å². The van der Waals surface area contributed by atoms with Crippen molar-refractivity contribution in [3.8, 4) is 5.69 Å². The number of halogens is 4. The topological polar surface area (TPSA) is 71.7 Å². The number of nitrogens with one attached hydrogen (secondary N) is 1. The summed E-state index contributed by atoms with van der Waals surface area (Å²) < 4.78 is 59.0. The van der Waals surface area contributed by atoms with Crippen molar-refractivity contribution >= 4 is 10.9 Å². The summed E-state index contributed by atoms with van der Waals surface area (Å²) in [6, 6.07) is 8.45. The minimum absolute atomic E-state index is 0.113. The predicted molar refractivity (Wildman–Crippen MR) is 129 cm³/mol. The maximum atomic E-state index is 14.2. The highest BCUT2D eigenvalue weighted by Crippen LogP contribution is 2.48. The van der Waals surface area contributed by atoms with E-state index in [1.54, 1.807) is 24.5 Å². The second-order valence-corrected chi connectivity index (χ2v) is 10.2. The van der Waals surface area contributed by atoms with Crippen molar-refractivity contribution in [2.75, 3.05) is 13.1 Å². The molecule has 1 saturated carbocycles. The molecular weight excluding hydrogens is 488 g/mol. The van der Waals surface area contributed by atoms with Crippen LogP contribution in [0.1, 0.15) is 48.3 Å². The number of likely N-dealkylation sites (tertiary alicyclic amines) is 1. The summed E-state index contributed by atoms with van der Waals surface area (Å²) in [5.74, 6) is 0.793. The summed E-state index contributed by atoms with van der Waals surface area (Å²) in [7, 11) is 1.87. The van der Waals surface area contributed by atoms with Gasteiger partial charge in [0.15, 0.2) is 0 Å². The summed E-state index contributed by atoms with van der Waals surface area (Å²) in [5, 5.41) is 8.14. The molecule has 194 valence electrons. The highest BCUT2D eigenvalue weighted by Gasteiger charge is 2.44. The lowest BCUT2D eigenvalue weighted by Gasteiger charge is -2.41. The Kier molecular flexibility index (Phi) is 5.52. The van der Waals surface area contributed by atoms with Gasteiger partial charge in [-0.25, -0.2) is 4.39 Å². The van der Waals surface area contributed by atoms with E-state index >= 15 is 0 Å². The largest absolute Gasteiger partial charge is 0.418 e. The van der Waals surface area contributed by atoms with Gasteiger partial charge in [-0.2, -0.15) is 13.2 Å². The molecule has 0 unspecified atom stereocenters. The van der Waals surface area contributed by atoms with Crippen molar-refractivity contribution in [1.82, 2.24) is 29.2 Å². The molecule has 1 aromatic carbocycles. The third-order valence-electron chi connectivity index (χ3n) is 7.79. The van der Waals surface area contributed by atoms with Gasteiger partial charge in [-0.15, -0.1) is 10.2 Å². The van der Waals surface area contributed by atoms with Crippen molar-refractivity contribution in [1.29, 1.82) is 0 Å². The fourth-order valence-corrected chi connectivity index (χ4v) is 5.78. The van der Waals surface area contributed by atoms with Crippen molar-refractivity contribution < 1.29 is 17.6 Å². The Morgan fingerprint density at radius 1 is 1.22 bits per heavy atom. The molecule has 0 radical (unpaired) electrons. The van der Waals surface area contributed by atoms with Crippen LogP contribution >= 0.6 is 0 Å². The van der Waals surface area contributed by atoms with Crippen LogP contribution in [0.5, 0.6) is 0 Å². The van der Waals surface area contributed by atoms with Crippen LogP contribution in [0.25, 0.3) is 16.6 Å². The van der Waals surface area contributed by atoms with Crippen molar-refractivity contribution in [3.05, 3.63) is 75.9 Å². The van der Waals surface area contributed by atoms with E-state index in [1.807, 2.05) is 22.6 Å². The molecule has 0 bridgehead atoms. The molecule has 0 spiro atoms. The lowest BCUT2D eigenvalue weighted by molar-refractivity contribution is -0.136. The normalized spacial score (nSPS) is 20.0. The molecule has 0 amide bonds. The highest BCUT2D eigenvalue weighted by atomic mass is 19.4. The maximum absolute atomic E-state index is 14.2. The molecule has 4 heterocycles. The van der Waals surface area contributed by atoms with Crippen molar-refractivity contribution in [3.63, 3.8) is 0 Å². The van der Waals surface area contributed by atoms with Gasteiger partial charge in [0.25, 0.3) is 5.56 Å². The van der Waals surface area contributed by atoms with Gasteiger partial charge in [0.2, 0.25) is 0 Å². The minimum atomic E-state index is -4.67. The number of hydrogen-bond acceptors (Lipinski definition) is 4. The van der Waals surface area contributed by atoms with Crippen LogP contribution in [0, 0.1) is 0 Å². The quantitative estimate of drug-likeness (QED) is 0.399. The van der Waals surface area contributed by atoms with Crippen LogP contribution in [0.3, 0.4) is 0 Å². The molecule has 1 saturated heterocycles. The van der Waals surface area contributed by atoms with Gasteiger partial charge in [-0.3, -0.25) is 14.3 Å². The van der Waals surface area contributed by atoms with E-state index in [1.165, 1.54) is 6.07 Å². The number of aryl methyl sites for hydroxylation is 1. The molecule has 3 aromatic heterocycles. The smallest absolute Gasteiger partial charge is 0.353 e. The molecule has 37 heavy (non-hydrogen) atoms. The average molecular weight is 515 g/mol. The van der Waals surface area contributed by atoms with Crippen LogP contribution in [0.2, 0.25) is 0 Å². The third kappa shape index (κ3) is 3.96. The van der Waals surface area contributed by atoms with Crippen LogP contribution < -0.4 is 5.56 Å². The standard InChI is InChI=1S/C26H26F4N6O/c1-34-15-31-33-24(34)25(7-3-8-25)16-4-2-5-19(10-16)36-14-21(26(28,29)30)20-11-18(32-22(20)23(36)37)13-35-9-6-17(27)12-35/h2,4-5,10-11,14-15,17,32H,3,6-9,12-13H2,1H3/t17-/m0/s1. The molecular formula is C26H26F4N6O. The number of aromatic nitrogens is 5. The average Bonchev–Trinajstić information content (AvgIpc) is 3.54. The van der Waals surface area contributed by atoms with Crippen LogP contribution in [-0.4, -0.2) is 48.5 Å². The first-order valence-corrected chi connectivity index (χ1v) is 12.3. The fourth-order valence-electron chi connectivity index (χ4n) is 5.78. The number of rotatable bonds is 5. The maximum Gasteiger partial charge on any atom is 0.418 e. The highest BCUT2D eigenvalue weighted by molar-refractivity contribution is 5.84. The second-order valence-electron chi connectivity index (χ2n) is 10.2. The monoisotopic (exact) mass is 514 g/mol. The first kappa shape index (κ1) is 23.9. The van der Waals surface area contributed by atoms with Crippen LogP contribution in [-0.2, 0) is 25.2 Å². The second kappa shape index (κ2) is 8.54. The number of aromatic amines is 1. The lowest BCUT2D eigenvalue weighted by Crippen LogP contribution is -2.38. The van der Waals surface area contributed by atoms with Crippen molar-refractivity contribution in [2.24, 2.45) is 7.05 Å². The zero-order valence-electron chi connectivity index (χ0n) is 20.2. The van der Waals surface area contributed by atoms with Gasteiger partial charge in [0, 0.05) is 49.6 Å². The summed E-state index contributed by atoms with van der Waals surface area (Å²) in [6.07, 6.45) is -0.0471. The van der Waals surface area contributed by atoms with Crippen LogP contribution in [0.15, 0.2) is 47.7 Å². The summed E-state index contributed by atoms with van der Waals surface area (Å²) in [5.41, 5.74) is -0.296. The first-order chi connectivity index (χ1) is 17.7. The predicted octanol–water partition coefficient (Wildman–Crippen LogP) is 4.48. The van der Waals surface area contributed by atoms with E-state index in [4.69, 9.17) is 0 Å². The number of pyridine rings is 1. The third-order valence-corrected chi connectivity index (χ3v) is 7.79. The molecule has 2 fully saturated rings. The fraction of sp³-hybridized carbons (Fsp3) is 0.423. The van der Waals surface area contributed by atoms with Gasteiger partial charge < -0.3 is 9.55 Å². The Balaban J connectivity index is 1.46. The van der Waals surface area contributed by atoms with Gasteiger partial charge in [0.05, 0.1) is 11.0 Å². The number of H-pyrrole nitrogens is 1. The summed E-state index contributed by atoms with van der Waals surface area (Å²) in [4.78, 5) is 18.2. The number of alkyl halides is 4. The van der Waals surface area contributed by atoms with E-state index < -0.39 is 28.9 Å². The first-order valence-electron chi connectivity index (χ1n) is 12.3. The molecule has 6 rings (SSSR count). The summed E-state index contributed by atoms with van der Waals surface area (Å²) in [6.45, 7) is 1.00. The zero-order chi connectivity index (χ0) is 25.9. The van der Waals surface area contributed by atoms with Gasteiger partial charge in [-0.1, -0.05) is 18.6 Å².